The molecule has 72 valence electrons. The van der Waals surface area contributed by atoms with E-state index in [1.807, 2.05) is 0 Å². The van der Waals surface area contributed by atoms with E-state index < -0.39 is 0 Å². The van der Waals surface area contributed by atoms with Crippen LogP contribution < -0.4 is 5.73 Å². The lowest BCUT2D eigenvalue weighted by Gasteiger charge is -2.12. The van der Waals surface area contributed by atoms with Gasteiger partial charge in [0.1, 0.15) is 5.15 Å². The smallest absolute Gasteiger partial charge is 0.129 e. The van der Waals surface area contributed by atoms with Gasteiger partial charge in [0.25, 0.3) is 0 Å². The van der Waals surface area contributed by atoms with E-state index in [9.17, 15) is 0 Å². The van der Waals surface area contributed by atoms with E-state index in [0.717, 1.165) is 10.0 Å². The minimum Gasteiger partial charge on any atom is -0.383 e. The summed E-state index contributed by atoms with van der Waals surface area (Å²) < 4.78 is 5.79. The molecule has 3 nitrogen and oxygen atoms in total. The van der Waals surface area contributed by atoms with Gasteiger partial charge in [-0.2, -0.15) is 0 Å². The van der Waals surface area contributed by atoms with Crippen molar-refractivity contribution in [1.82, 2.24) is 4.98 Å². The van der Waals surface area contributed by atoms with Gasteiger partial charge >= 0.3 is 0 Å². The zero-order chi connectivity index (χ0) is 9.84. The largest absolute Gasteiger partial charge is 0.383 e. The van der Waals surface area contributed by atoms with Gasteiger partial charge in [-0.05, 0) is 27.6 Å². The SMILES string of the molecule is COCC(N)c1cc(Cl)ncc1Br. The van der Waals surface area contributed by atoms with Crippen molar-refractivity contribution < 1.29 is 4.74 Å². The van der Waals surface area contributed by atoms with Gasteiger partial charge in [0, 0.05) is 17.8 Å². The van der Waals surface area contributed by atoms with Crippen LogP contribution in [0.5, 0.6) is 0 Å². The average Bonchev–Trinajstić information content (AvgIpc) is 2.09. The van der Waals surface area contributed by atoms with Crippen molar-refractivity contribution in [3.63, 3.8) is 0 Å². The molecule has 0 amide bonds. The summed E-state index contributed by atoms with van der Waals surface area (Å²) >= 11 is 9.08. The van der Waals surface area contributed by atoms with Crippen LogP contribution in [0.2, 0.25) is 5.15 Å². The molecular formula is C8H10BrClN2O. The van der Waals surface area contributed by atoms with Gasteiger partial charge in [-0.3, -0.25) is 0 Å². The van der Waals surface area contributed by atoms with Gasteiger partial charge in [0.2, 0.25) is 0 Å². The Hall–Kier alpha value is -0.160. The Kier molecular flexibility index (Phi) is 4.12. The van der Waals surface area contributed by atoms with Crippen molar-refractivity contribution in [1.29, 1.82) is 0 Å². The van der Waals surface area contributed by atoms with Gasteiger partial charge < -0.3 is 10.5 Å². The molecule has 0 aliphatic heterocycles. The minimum absolute atomic E-state index is 0.181. The van der Waals surface area contributed by atoms with E-state index in [4.69, 9.17) is 22.1 Å². The fourth-order valence-corrected chi connectivity index (χ4v) is 1.66. The van der Waals surface area contributed by atoms with E-state index in [0.29, 0.717) is 11.8 Å². The Morgan fingerprint density at radius 3 is 3.08 bits per heavy atom. The summed E-state index contributed by atoms with van der Waals surface area (Å²) in [5, 5.41) is 0.435. The molecule has 0 bridgehead atoms. The second-order valence-corrected chi connectivity index (χ2v) is 3.83. The highest BCUT2D eigenvalue weighted by molar-refractivity contribution is 9.10. The second kappa shape index (κ2) is 4.91. The molecule has 1 unspecified atom stereocenters. The molecule has 1 aromatic heterocycles. The van der Waals surface area contributed by atoms with Gasteiger partial charge in [-0.15, -0.1) is 0 Å². The third-order valence-electron chi connectivity index (χ3n) is 1.60. The first-order valence-corrected chi connectivity index (χ1v) is 4.87. The number of nitrogens with zero attached hydrogens (tertiary/aromatic N) is 1. The molecular weight excluding hydrogens is 255 g/mol. The fraction of sp³-hybridized carbons (Fsp3) is 0.375. The molecule has 1 rings (SSSR count). The Morgan fingerprint density at radius 1 is 1.77 bits per heavy atom. The average molecular weight is 266 g/mol. The molecule has 2 N–H and O–H groups in total. The molecule has 1 aromatic rings. The highest BCUT2D eigenvalue weighted by Crippen LogP contribution is 2.23. The number of ether oxygens (including phenoxy) is 1. The van der Waals surface area contributed by atoms with Crippen molar-refractivity contribution in [3.8, 4) is 0 Å². The third-order valence-corrected chi connectivity index (χ3v) is 2.47. The van der Waals surface area contributed by atoms with Crippen LogP contribution >= 0.6 is 27.5 Å². The van der Waals surface area contributed by atoms with Crippen molar-refractivity contribution >= 4 is 27.5 Å². The van der Waals surface area contributed by atoms with E-state index in [1.54, 1.807) is 19.4 Å². The van der Waals surface area contributed by atoms with Crippen LogP contribution in [0.25, 0.3) is 0 Å². The topological polar surface area (TPSA) is 48.1 Å². The zero-order valence-corrected chi connectivity index (χ0v) is 9.47. The first-order valence-electron chi connectivity index (χ1n) is 3.70. The summed E-state index contributed by atoms with van der Waals surface area (Å²) in [5.41, 5.74) is 6.74. The van der Waals surface area contributed by atoms with E-state index in [1.165, 1.54) is 0 Å². The maximum Gasteiger partial charge on any atom is 0.129 e. The molecule has 0 fully saturated rings. The van der Waals surface area contributed by atoms with Gasteiger partial charge in [0.15, 0.2) is 0 Å². The molecule has 0 aliphatic rings. The second-order valence-electron chi connectivity index (χ2n) is 2.59. The predicted octanol–water partition coefficient (Wildman–Crippen LogP) is 2.14. The Balaban J connectivity index is 2.91. The standard InChI is InChI=1S/C8H10BrClN2O/c1-13-4-7(11)5-2-8(10)12-3-6(5)9/h2-3,7H,4,11H2,1H3. The van der Waals surface area contributed by atoms with Crippen molar-refractivity contribution in [3.05, 3.63) is 27.5 Å². The first kappa shape index (κ1) is 10.9. The van der Waals surface area contributed by atoms with Crippen LogP contribution in [0.1, 0.15) is 11.6 Å². The highest BCUT2D eigenvalue weighted by Gasteiger charge is 2.10. The Bertz CT molecular complexity index is 295. The predicted molar refractivity (Wildman–Crippen MR) is 55.8 cm³/mol. The zero-order valence-electron chi connectivity index (χ0n) is 7.13. The van der Waals surface area contributed by atoms with Crippen LogP contribution in [-0.4, -0.2) is 18.7 Å². The van der Waals surface area contributed by atoms with Crippen LogP contribution in [0.4, 0.5) is 0 Å². The highest BCUT2D eigenvalue weighted by atomic mass is 79.9. The molecule has 0 radical (unpaired) electrons. The molecule has 0 saturated heterocycles. The van der Waals surface area contributed by atoms with Gasteiger partial charge in [-0.1, -0.05) is 11.6 Å². The molecule has 0 aliphatic carbocycles. The lowest BCUT2D eigenvalue weighted by atomic mass is 10.1. The number of nitrogens with two attached hydrogens (primary N) is 1. The van der Waals surface area contributed by atoms with Gasteiger partial charge in [-0.25, -0.2) is 4.98 Å². The fourth-order valence-electron chi connectivity index (χ4n) is 0.981. The third kappa shape index (κ3) is 2.91. The summed E-state index contributed by atoms with van der Waals surface area (Å²) in [6.45, 7) is 0.457. The summed E-state index contributed by atoms with van der Waals surface area (Å²) in [6, 6.07) is 1.55. The minimum atomic E-state index is -0.181. The first-order chi connectivity index (χ1) is 6.15. The lowest BCUT2D eigenvalue weighted by molar-refractivity contribution is 0.180. The van der Waals surface area contributed by atoms with E-state index >= 15 is 0 Å². The molecule has 0 spiro atoms. The summed E-state index contributed by atoms with van der Waals surface area (Å²) in [6.07, 6.45) is 1.63. The Morgan fingerprint density at radius 2 is 2.46 bits per heavy atom. The number of pyridine rings is 1. The van der Waals surface area contributed by atoms with Crippen LogP contribution in [0.15, 0.2) is 16.7 Å². The monoisotopic (exact) mass is 264 g/mol. The number of hydrogen-bond acceptors (Lipinski definition) is 3. The van der Waals surface area contributed by atoms with Crippen molar-refractivity contribution in [2.45, 2.75) is 6.04 Å². The number of rotatable bonds is 3. The van der Waals surface area contributed by atoms with Crippen molar-refractivity contribution in [2.75, 3.05) is 13.7 Å². The molecule has 13 heavy (non-hydrogen) atoms. The lowest BCUT2D eigenvalue weighted by Crippen LogP contribution is -2.16. The van der Waals surface area contributed by atoms with Crippen LogP contribution in [-0.2, 0) is 4.74 Å². The molecule has 5 heteroatoms. The maximum absolute atomic E-state index is 5.83. The van der Waals surface area contributed by atoms with Crippen LogP contribution in [0, 0.1) is 0 Å². The van der Waals surface area contributed by atoms with Crippen molar-refractivity contribution in [2.24, 2.45) is 5.73 Å². The number of hydrogen-bond donors (Lipinski definition) is 1. The van der Waals surface area contributed by atoms with Gasteiger partial charge in [0.05, 0.1) is 12.6 Å². The quantitative estimate of drug-likeness (QED) is 0.852. The molecule has 0 saturated carbocycles. The normalized spacial score (nSPS) is 12.9. The Labute approximate surface area is 90.4 Å². The molecule has 1 heterocycles. The number of aromatic nitrogens is 1. The number of halogens is 2. The summed E-state index contributed by atoms with van der Waals surface area (Å²) in [4.78, 5) is 3.90. The summed E-state index contributed by atoms with van der Waals surface area (Å²) in [5.74, 6) is 0. The molecule has 0 aromatic carbocycles. The number of methoxy groups -OCH3 is 1. The van der Waals surface area contributed by atoms with E-state index in [2.05, 4.69) is 20.9 Å². The van der Waals surface area contributed by atoms with Crippen LogP contribution in [0.3, 0.4) is 0 Å². The summed E-state index contributed by atoms with van der Waals surface area (Å²) in [7, 11) is 1.61. The maximum atomic E-state index is 5.83. The molecule has 1 atom stereocenters. The van der Waals surface area contributed by atoms with E-state index in [-0.39, 0.29) is 6.04 Å².